The minimum absolute atomic E-state index is 0.0562. The lowest BCUT2D eigenvalue weighted by Crippen LogP contribution is -2.52. The number of rotatable bonds is 5. The highest BCUT2D eigenvalue weighted by Gasteiger charge is 2.29. The number of hydrogen-bond donors (Lipinski definition) is 2. The van der Waals surface area contributed by atoms with Crippen LogP contribution in [-0.2, 0) is 4.74 Å². The molecule has 1 unspecified atom stereocenters. The summed E-state index contributed by atoms with van der Waals surface area (Å²) in [6.45, 7) is 10.1. The molecular weight excluding hydrogens is 359 g/mol. The molecule has 0 radical (unpaired) electrons. The van der Waals surface area contributed by atoms with Gasteiger partial charge in [-0.15, -0.1) is 0 Å². The number of nitriles is 1. The number of amides is 1. The van der Waals surface area contributed by atoms with Crippen molar-refractivity contribution in [3.8, 4) is 6.07 Å². The zero-order chi connectivity index (χ0) is 19.9. The first-order valence-corrected chi connectivity index (χ1v) is 8.87. The van der Waals surface area contributed by atoms with Crippen molar-refractivity contribution in [1.29, 1.82) is 5.26 Å². The Kier molecular flexibility index (Phi) is 8.09. The van der Waals surface area contributed by atoms with Gasteiger partial charge in [0.1, 0.15) is 22.7 Å². The van der Waals surface area contributed by atoms with Gasteiger partial charge in [0.05, 0.1) is 11.6 Å². The van der Waals surface area contributed by atoms with Gasteiger partial charge >= 0.3 is 6.09 Å². The number of allylic oxidation sites excluding steroid dienone is 2. The van der Waals surface area contributed by atoms with E-state index in [1.54, 1.807) is 26.8 Å². The third-order valence-corrected chi connectivity index (χ3v) is 4.02. The normalized spacial score (nSPS) is 22.0. The van der Waals surface area contributed by atoms with Crippen LogP contribution in [0.25, 0.3) is 0 Å². The van der Waals surface area contributed by atoms with Crippen LogP contribution in [0.3, 0.4) is 0 Å². The molecule has 2 N–H and O–H groups in total. The van der Waals surface area contributed by atoms with Gasteiger partial charge in [-0.3, -0.25) is 0 Å². The Morgan fingerprint density at radius 3 is 2.31 bits per heavy atom. The fourth-order valence-corrected chi connectivity index (χ4v) is 2.66. The maximum absolute atomic E-state index is 13.9. The molecule has 0 bridgehead atoms. The van der Waals surface area contributed by atoms with Crippen molar-refractivity contribution in [3.05, 3.63) is 23.8 Å². The Morgan fingerprint density at radius 2 is 1.85 bits per heavy atom. The third-order valence-electron chi connectivity index (χ3n) is 3.71. The molecule has 1 amide bonds. The predicted molar refractivity (Wildman–Crippen MR) is 100 cm³/mol. The number of alkyl carbamates (subject to hydrolysis) is 1. The van der Waals surface area contributed by atoms with Crippen LogP contribution in [-0.4, -0.2) is 28.9 Å². The van der Waals surface area contributed by atoms with Gasteiger partial charge in [-0.1, -0.05) is 31.0 Å². The Balaban J connectivity index is 2.88. The molecule has 1 aliphatic carbocycles. The highest BCUT2D eigenvalue weighted by Crippen LogP contribution is 2.22. The minimum atomic E-state index is -0.599. The molecule has 1 aliphatic rings. The van der Waals surface area contributed by atoms with Crippen molar-refractivity contribution in [1.82, 2.24) is 10.6 Å². The molecule has 1 saturated carbocycles. The van der Waals surface area contributed by atoms with Crippen molar-refractivity contribution in [2.75, 3.05) is 0 Å². The molecule has 0 aromatic heterocycles. The maximum atomic E-state index is 13.9. The molecular formula is C18H26ClFN4O2. The van der Waals surface area contributed by atoms with Gasteiger partial charge in [0.25, 0.3) is 0 Å². The summed E-state index contributed by atoms with van der Waals surface area (Å²) in [6, 6.07) is 1.29. The van der Waals surface area contributed by atoms with Crippen molar-refractivity contribution in [2.45, 2.75) is 71.1 Å². The van der Waals surface area contributed by atoms with Gasteiger partial charge in [0.2, 0.25) is 0 Å². The largest absolute Gasteiger partial charge is 0.444 e. The second kappa shape index (κ2) is 9.58. The van der Waals surface area contributed by atoms with E-state index in [0.717, 1.165) is 25.7 Å². The summed E-state index contributed by atoms with van der Waals surface area (Å²) >= 11 is 5.88. The van der Waals surface area contributed by atoms with Gasteiger partial charge in [0.15, 0.2) is 5.82 Å². The first-order valence-electron chi connectivity index (χ1n) is 8.49. The average Bonchev–Trinajstić information content (AvgIpc) is 2.53. The number of ether oxygens (including phenoxy) is 1. The topological polar surface area (TPSA) is 86.5 Å². The van der Waals surface area contributed by atoms with Crippen LogP contribution in [0, 0.1) is 11.3 Å². The van der Waals surface area contributed by atoms with E-state index in [-0.39, 0.29) is 28.6 Å². The number of nitrogens with one attached hydrogen (secondary N) is 2. The summed E-state index contributed by atoms with van der Waals surface area (Å²) in [4.78, 5) is 16.0. The average molecular weight is 385 g/mol. The van der Waals surface area contributed by atoms with E-state index >= 15 is 0 Å². The monoisotopic (exact) mass is 384 g/mol. The molecule has 0 aliphatic heterocycles. The second-order valence-corrected chi connectivity index (χ2v) is 7.52. The summed E-state index contributed by atoms with van der Waals surface area (Å²) in [5.74, 6) is -0.648. The predicted octanol–water partition coefficient (Wildman–Crippen LogP) is 4.29. The van der Waals surface area contributed by atoms with Gasteiger partial charge < -0.3 is 15.4 Å². The van der Waals surface area contributed by atoms with Crippen LogP contribution in [0.2, 0.25) is 0 Å². The molecule has 1 rings (SSSR count). The number of hydrogen-bond acceptors (Lipinski definition) is 5. The Morgan fingerprint density at radius 1 is 1.31 bits per heavy atom. The van der Waals surface area contributed by atoms with Crippen molar-refractivity contribution >= 4 is 22.9 Å². The molecule has 0 saturated heterocycles. The van der Waals surface area contributed by atoms with E-state index in [9.17, 15) is 9.18 Å². The van der Waals surface area contributed by atoms with Crippen LogP contribution in [0.4, 0.5) is 9.18 Å². The molecule has 1 fully saturated rings. The fourth-order valence-electron chi connectivity index (χ4n) is 2.53. The lowest BCUT2D eigenvalue weighted by molar-refractivity contribution is 0.0481. The zero-order valence-electron chi connectivity index (χ0n) is 15.7. The maximum Gasteiger partial charge on any atom is 0.407 e. The molecule has 2 atom stereocenters. The first kappa shape index (κ1) is 22.0. The van der Waals surface area contributed by atoms with Crippen molar-refractivity contribution < 1.29 is 13.9 Å². The van der Waals surface area contributed by atoms with Crippen LogP contribution >= 0.6 is 11.6 Å². The van der Waals surface area contributed by atoms with Gasteiger partial charge in [-0.25, -0.2) is 14.2 Å². The van der Waals surface area contributed by atoms with Gasteiger partial charge in [-0.05, 0) is 40.5 Å². The van der Waals surface area contributed by atoms with E-state index in [1.807, 2.05) is 0 Å². The molecule has 144 valence electrons. The quantitative estimate of drug-likeness (QED) is 0.546. The fraction of sp³-hybridized carbons (Fsp3) is 0.611. The Bertz CT molecular complexity index is 643. The summed E-state index contributed by atoms with van der Waals surface area (Å²) in [7, 11) is 0. The van der Waals surface area contributed by atoms with E-state index in [0.29, 0.717) is 0 Å². The smallest absolute Gasteiger partial charge is 0.407 e. The standard InChI is InChI=1S/C18H26ClFN4O2/c1-11(10-21)15(19)24-16(12(2)20)22-13-8-6-7-9-14(13)23-17(25)26-18(3,4)5/h13-14,22H,1,6-9H2,2-5H3,(H,23,25)/b16-12+,24-15?/t13?,14-/m0/s1. The highest BCUT2D eigenvalue weighted by atomic mass is 35.5. The summed E-state index contributed by atoms with van der Waals surface area (Å²) in [6.07, 6.45) is 2.83. The summed E-state index contributed by atoms with van der Waals surface area (Å²) < 4.78 is 19.2. The number of carbonyl (C=O) groups is 1. The van der Waals surface area contributed by atoms with Gasteiger partial charge in [0, 0.05) is 6.04 Å². The minimum Gasteiger partial charge on any atom is -0.444 e. The molecule has 0 spiro atoms. The molecule has 6 nitrogen and oxygen atoms in total. The number of carbonyl (C=O) groups excluding carboxylic acids is 1. The first-order chi connectivity index (χ1) is 12.0. The van der Waals surface area contributed by atoms with E-state index < -0.39 is 17.5 Å². The lowest BCUT2D eigenvalue weighted by atomic mass is 9.90. The Labute approximate surface area is 159 Å². The third kappa shape index (κ3) is 7.44. The van der Waals surface area contributed by atoms with E-state index in [2.05, 4.69) is 22.2 Å². The molecule has 0 aromatic carbocycles. The highest BCUT2D eigenvalue weighted by molar-refractivity contribution is 6.70. The molecule has 8 heteroatoms. The van der Waals surface area contributed by atoms with Crippen LogP contribution < -0.4 is 10.6 Å². The van der Waals surface area contributed by atoms with Crippen molar-refractivity contribution in [2.24, 2.45) is 4.99 Å². The SMILES string of the molecule is C=C(C#N)C(Cl)=N/C(NC1CCCC[C@@H]1NC(=O)OC(C)(C)C)=C(\C)F. The molecule has 0 heterocycles. The van der Waals surface area contributed by atoms with Crippen molar-refractivity contribution in [3.63, 3.8) is 0 Å². The van der Waals surface area contributed by atoms with Gasteiger partial charge in [-0.2, -0.15) is 5.26 Å². The van der Waals surface area contributed by atoms with Crippen LogP contribution in [0.1, 0.15) is 53.4 Å². The zero-order valence-corrected chi connectivity index (χ0v) is 16.4. The number of nitrogens with zero attached hydrogens (tertiary/aromatic N) is 2. The van der Waals surface area contributed by atoms with E-state index in [4.69, 9.17) is 21.6 Å². The van der Waals surface area contributed by atoms with Crippen LogP contribution in [0.15, 0.2) is 28.8 Å². The lowest BCUT2D eigenvalue weighted by Gasteiger charge is -2.34. The molecule has 26 heavy (non-hydrogen) atoms. The number of halogens is 2. The summed E-state index contributed by atoms with van der Waals surface area (Å²) in [5.41, 5.74) is -0.656. The van der Waals surface area contributed by atoms with E-state index in [1.165, 1.54) is 6.92 Å². The molecule has 0 aromatic rings. The Hall–Kier alpha value is -2.07. The second-order valence-electron chi connectivity index (χ2n) is 7.16. The summed E-state index contributed by atoms with van der Waals surface area (Å²) in [5, 5.41) is 14.5. The number of aliphatic imine (C=N–C) groups is 1. The van der Waals surface area contributed by atoms with Crippen LogP contribution in [0.5, 0.6) is 0 Å².